The highest BCUT2D eigenvalue weighted by Gasteiger charge is 2.24. The molecule has 2 heterocycles. The molecule has 1 unspecified atom stereocenters. The molecule has 0 spiro atoms. The molecule has 1 aromatic heterocycles. The lowest BCUT2D eigenvalue weighted by Gasteiger charge is -2.32. The molecule has 1 aromatic carbocycles. The van der Waals surface area contributed by atoms with Gasteiger partial charge in [0.25, 0.3) is 5.91 Å². The van der Waals surface area contributed by atoms with E-state index in [2.05, 4.69) is 20.9 Å². The third kappa shape index (κ3) is 5.53. The Kier molecular flexibility index (Phi) is 6.45. The van der Waals surface area contributed by atoms with Crippen molar-refractivity contribution >= 4 is 27.7 Å². The Balaban J connectivity index is 1.59. The Hall–Kier alpha value is -2.41. The summed E-state index contributed by atoms with van der Waals surface area (Å²) >= 11 is 3.38. The van der Waals surface area contributed by atoms with E-state index in [0.29, 0.717) is 36.1 Å². The van der Waals surface area contributed by atoms with E-state index in [1.807, 2.05) is 29.2 Å². The van der Waals surface area contributed by atoms with Gasteiger partial charge in [-0.15, -0.1) is 0 Å². The third-order valence-corrected chi connectivity index (χ3v) is 5.15. The minimum atomic E-state index is -0.288. The topological polar surface area (TPSA) is 85.5 Å². The molecular weight excluding hydrogens is 410 g/mol. The Morgan fingerprint density at radius 1 is 1.22 bits per heavy atom. The first-order valence-electron chi connectivity index (χ1n) is 8.98. The van der Waals surface area contributed by atoms with Crippen molar-refractivity contribution in [1.29, 1.82) is 0 Å². The summed E-state index contributed by atoms with van der Waals surface area (Å²) in [6, 6.07) is 10.9. The second kappa shape index (κ2) is 8.99. The number of primary amides is 1. The summed E-state index contributed by atoms with van der Waals surface area (Å²) in [6.45, 7) is 1.38. The number of benzene rings is 1. The SMILES string of the molecule is NC(=O)CCC1CCCN(C(=O)c2ccc(Oc3ccc(Br)cc3)nc2)C1. The average Bonchev–Trinajstić information content (AvgIpc) is 2.68. The fourth-order valence-corrected chi connectivity index (χ4v) is 3.47. The van der Waals surface area contributed by atoms with Crippen LogP contribution >= 0.6 is 15.9 Å². The third-order valence-electron chi connectivity index (χ3n) is 4.62. The van der Waals surface area contributed by atoms with Crippen LogP contribution in [0.4, 0.5) is 0 Å². The van der Waals surface area contributed by atoms with Crippen LogP contribution in [0.2, 0.25) is 0 Å². The lowest BCUT2D eigenvalue weighted by Crippen LogP contribution is -2.40. The highest BCUT2D eigenvalue weighted by atomic mass is 79.9. The van der Waals surface area contributed by atoms with E-state index in [-0.39, 0.29) is 11.8 Å². The molecule has 0 saturated carbocycles. The number of amides is 2. The largest absolute Gasteiger partial charge is 0.439 e. The van der Waals surface area contributed by atoms with Gasteiger partial charge in [0, 0.05) is 36.2 Å². The van der Waals surface area contributed by atoms with Crippen LogP contribution in [0.3, 0.4) is 0 Å². The van der Waals surface area contributed by atoms with Crippen molar-refractivity contribution in [3.63, 3.8) is 0 Å². The molecule has 0 radical (unpaired) electrons. The molecule has 1 saturated heterocycles. The normalized spacial score (nSPS) is 16.8. The maximum atomic E-state index is 12.7. The zero-order valence-corrected chi connectivity index (χ0v) is 16.5. The van der Waals surface area contributed by atoms with Gasteiger partial charge in [0.15, 0.2) is 0 Å². The molecule has 1 aliphatic rings. The first-order chi connectivity index (χ1) is 13.0. The number of halogens is 1. The van der Waals surface area contributed by atoms with Gasteiger partial charge >= 0.3 is 0 Å². The molecule has 1 aliphatic heterocycles. The molecule has 27 heavy (non-hydrogen) atoms. The Morgan fingerprint density at radius 3 is 2.67 bits per heavy atom. The van der Waals surface area contributed by atoms with E-state index < -0.39 is 0 Å². The summed E-state index contributed by atoms with van der Waals surface area (Å²) in [5, 5.41) is 0. The van der Waals surface area contributed by atoms with Gasteiger partial charge in [-0.2, -0.15) is 0 Å². The van der Waals surface area contributed by atoms with E-state index in [4.69, 9.17) is 10.5 Å². The van der Waals surface area contributed by atoms with Crippen LogP contribution in [-0.2, 0) is 4.79 Å². The van der Waals surface area contributed by atoms with Crippen LogP contribution in [0.1, 0.15) is 36.0 Å². The van der Waals surface area contributed by atoms with Crippen LogP contribution in [-0.4, -0.2) is 34.8 Å². The van der Waals surface area contributed by atoms with Crippen LogP contribution in [0.25, 0.3) is 0 Å². The standard InChI is InChI=1S/C20H22BrN3O3/c21-16-5-7-17(8-6-16)27-19-10-4-15(12-23-19)20(26)24-11-1-2-14(13-24)3-9-18(22)25/h4-8,10,12,14H,1-3,9,11,13H2,(H2,22,25). The molecule has 142 valence electrons. The molecule has 6 nitrogen and oxygen atoms in total. The smallest absolute Gasteiger partial charge is 0.255 e. The molecular formula is C20H22BrN3O3. The van der Waals surface area contributed by atoms with Crippen molar-refractivity contribution in [3.05, 3.63) is 52.6 Å². The predicted molar refractivity (Wildman–Crippen MR) is 106 cm³/mol. The van der Waals surface area contributed by atoms with Gasteiger partial charge in [-0.3, -0.25) is 9.59 Å². The van der Waals surface area contributed by atoms with Crippen LogP contribution in [0.15, 0.2) is 47.1 Å². The lowest BCUT2D eigenvalue weighted by atomic mass is 9.93. The molecule has 0 aliphatic carbocycles. The second-order valence-electron chi connectivity index (χ2n) is 6.71. The zero-order chi connectivity index (χ0) is 19.2. The quantitative estimate of drug-likeness (QED) is 0.754. The summed E-state index contributed by atoms with van der Waals surface area (Å²) < 4.78 is 6.66. The van der Waals surface area contributed by atoms with Gasteiger partial charge in [-0.05, 0) is 55.5 Å². The average molecular weight is 432 g/mol. The number of carbonyl (C=O) groups excluding carboxylic acids is 2. The van der Waals surface area contributed by atoms with Crippen molar-refractivity contribution in [1.82, 2.24) is 9.88 Å². The summed E-state index contributed by atoms with van der Waals surface area (Å²) in [6.07, 6.45) is 4.61. The van der Waals surface area contributed by atoms with E-state index in [9.17, 15) is 9.59 Å². The van der Waals surface area contributed by atoms with Crippen LogP contribution < -0.4 is 10.5 Å². The number of nitrogens with zero attached hydrogens (tertiary/aromatic N) is 2. The molecule has 2 N–H and O–H groups in total. The van der Waals surface area contributed by atoms with E-state index >= 15 is 0 Å². The minimum Gasteiger partial charge on any atom is -0.439 e. The highest BCUT2D eigenvalue weighted by Crippen LogP contribution is 2.24. The van der Waals surface area contributed by atoms with Gasteiger partial charge in [0.1, 0.15) is 5.75 Å². The molecule has 7 heteroatoms. The first kappa shape index (κ1) is 19.4. The molecule has 1 fully saturated rings. The molecule has 0 bridgehead atoms. The fraction of sp³-hybridized carbons (Fsp3) is 0.350. The highest BCUT2D eigenvalue weighted by molar-refractivity contribution is 9.10. The zero-order valence-electron chi connectivity index (χ0n) is 14.9. The van der Waals surface area contributed by atoms with Crippen molar-refractivity contribution in [3.8, 4) is 11.6 Å². The van der Waals surface area contributed by atoms with Crippen LogP contribution in [0, 0.1) is 5.92 Å². The van der Waals surface area contributed by atoms with Crippen molar-refractivity contribution in [2.75, 3.05) is 13.1 Å². The summed E-state index contributed by atoms with van der Waals surface area (Å²) in [5.74, 6) is 1.11. The van der Waals surface area contributed by atoms with E-state index in [1.54, 1.807) is 18.3 Å². The lowest BCUT2D eigenvalue weighted by molar-refractivity contribution is -0.118. The molecule has 2 aromatic rings. The van der Waals surface area contributed by atoms with Gasteiger partial charge in [-0.1, -0.05) is 15.9 Å². The van der Waals surface area contributed by atoms with Gasteiger partial charge in [0.2, 0.25) is 11.8 Å². The number of hydrogen-bond acceptors (Lipinski definition) is 4. The summed E-state index contributed by atoms with van der Waals surface area (Å²) in [5.41, 5.74) is 5.77. The van der Waals surface area contributed by atoms with Crippen molar-refractivity contribution in [2.24, 2.45) is 11.7 Å². The van der Waals surface area contributed by atoms with Crippen LogP contribution in [0.5, 0.6) is 11.6 Å². The number of ether oxygens (including phenoxy) is 1. The number of rotatable bonds is 6. The molecule has 1 atom stereocenters. The number of pyridine rings is 1. The summed E-state index contributed by atoms with van der Waals surface area (Å²) in [7, 11) is 0. The number of hydrogen-bond donors (Lipinski definition) is 1. The van der Waals surface area contributed by atoms with Gasteiger partial charge in [-0.25, -0.2) is 4.98 Å². The predicted octanol–water partition coefficient (Wildman–Crippen LogP) is 3.75. The Bertz CT molecular complexity index is 793. The van der Waals surface area contributed by atoms with Gasteiger partial charge < -0.3 is 15.4 Å². The van der Waals surface area contributed by atoms with Crippen molar-refractivity contribution in [2.45, 2.75) is 25.7 Å². The number of piperidine rings is 1. The molecule has 3 rings (SSSR count). The van der Waals surface area contributed by atoms with E-state index in [0.717, 1.165) is 30.3 Å². The monoisotopic (exact) mass is 431 g/mol. The maximum absolute atomic E-state index is 12.7. The number of aromatic nitrogens is 1. The second-order valence-corrected chi connectivity index (χ2v) is 7.62. The minimum absolute atomic E-state index is 0.0403. The number of nitrogens with two attached hydrogens (primary N) is 1. The Morgan fingerprint density at radius 2 is 2.00 bits per heavy atom. The first-order valence-corrected chi connectivity index (χ1v) is 9.77. The Labute approximate surface area is 166 Å². The number of likely N-dealkylation sites (tertiary alicyclic amines) is 1. The molecule has 2 amide bonds. The van der Waals surface area contributed by atoms with Gasteiger partial charge in [0.05, 0.1) is 5.56 Å². The maximum Gasteiger partial charge on any atom is 0.255 e. The number of carbonyl (C=O) groups is 2. The van der Waals surface area contributed by atoms with E-state index in [1.165, 1.54) is 0 Å². The summed E-state index contributed by atoms with van der Waals surface area (Å²) in [4.78, 5) is 29.8. The van der Waals surface area contributed by atoms with Crippen molar-refractivity contribution < 1.29 is 14.3 Å². The fourth-order valence-electron chi connectivity index (χ4n) is 3.20.